The maximum absolute atomic E-state index is 12.8. The van der Waals surface area contributed by atoms with Crippen LogP contribution in [0.2, 0.25) is 0 Å². The van der Waals surface area contributed by atoms with E-state index >= 15 is 0 Å². The van der Waals surface area contributed by atoms with Gasteiger partial charge in [0.1, 0.15) is 11.9 Å². The number of ether oxygens (including phenoxy) is 1. The van der Waals surface area contributed by atoms with Crippen LogP contribution in [0, 0.1) is 5.92 Å². The van der Waals surface area contributed by atoms with E-state index in [0.717, 1.165) is 37.8 Å². The molecule has 2 N–H and O–H groups in total. The monoisotopic (exact) mass is 287 g/mol. The van der Waals surface area contributed by atoms with Crippen LogP contribution in [-0.2, 0) is 6.18 Å². The van der Waals surface area contributed by atoms with Crippen molar-refractivity contribution >= 4 is 5.69 Å². The summed E-state index contributed by atoms with van der Waals surface area (Å²) in [6, 6.07) is 3.44. The van der Waals surface area contributed by atoms with Gasteiger partial charge >= 0.3 is 6.18 Å². The number of hydrogen-bond donors (Lipinski definition) is 1. The smallest absolute Gasteiger partial charge is 0.416 e. The van der Waals surface area contributed by atoms with Crippen molar-refractivity contribution in [2.45, 2.75) is 51.3 Å². The van der Waals surface area contributed by atoms with Crippen molar-refractivity contribution in [1.82, 2.24) is 0 Å². The summed E-state index contributed by atoms with van der Waals surface area (Å²) in [6.45, 7) is 2.09. The van der Waals surface area contributed by atoms with Crippen LogP contribution in [0.4, 0.5) is 18.9 Å². The van der Waals surface area contributed by atoms with E-state index in [1.165, 1.54) is 12.5 Å². The molecule has 0 aliphatic heterocycles. The lowest BCUT2D eigenvalue weighted by atomic mass is 9.85. The highest BCUT2D eigenvalue weighted by Gasteiger charge is 2.32. The van der Waals surface area contributed by atoms with E-state index in [0.29, 0.717) is 5.92 Å². The summed E-state index contributed by atoms with van der Waals surface area (Å²) in [5.41, 5.74) is 4.88. The van der Waals surface area contributed by atoms with Gasteiger partial charge in [0, 0.05) is 11.8 Å². The summed E-state index contributed by atoms with van der Waals surface area (Å²) in [4.78, 5) is 0. The fourth-order valence-corrected chi connectivity index (χ4v) is 2.82. The lowest BCUT2D eigenvalue weighted by molar-refractivity contribution is -0.137. The predicted molar refractivity (Wildman–Crippen MR) is 72.5 cm³/mol. The molecule has 1 aliphatic carbocycles. The third-order valence-electron chi connectivity index (χ3n) is 3.91. The summed E-state index contributed by atoms with van der Waals surface area (Å²) in [6.07, 6.45) is 0.795. The van der Waals surface area contributed by atoms with Gasteiger partial charge in [0.05, 0.1) is 5.56 Å². The molecule has 1 saturated carbocycles. The van der Waals surface area contributed by atoms with Crippen LogP contribution in [0.5, 0.6) is 5.75 Å². The molecule has 1 aromatic rings. The first kappa shape index (κ1) is 15.0. The SMILES string of the molecule is CCC1CCCCC1Oc1cc(N)cc(C(F)(F)F)c1. The van der Waals surface area contributed by atoms with Crippen molar-refractivity contribution in [3.8, 4) is 5.75 Å². The number of anilines is 1. The average Bonchev–Trinajstić information content (AvgIpc) is 2.37. The van der Waals surface area contributed by atoms with Gasteiger partial charge in [-0.2, -0.15) is 13.2 Å². The predicted octanol–water partition coefficient (Wildman–Crippen LogP) is 4.64. The fraction of sp³-hybridized carbons (Fsp3) is 0.600. The molecule has 2 unspecified atom stereocenters. The third kappa shape index (κ3) is 3.58. The quantitative estimate of drug-likeness (QED) is 0.822. The normalized spacial score (nSPS) is 23.6. The van der Waals surface area contributed by atoms with Gasteiger partial charge in [-0.05, 0) is 43.7 Å². The number of halogens is 3. The third-order valence-corrected chi connectivity index (χ3v) is 3.91. The lowest BCUT2D eigenvalue weighted by Crippen LogP contribution is -2.30. The van der Waals surface area contributed by atoms with Gasteiger partial charge in [0.25, 0.3) is 0 Å². The molecule has 0 spiro atoms. The summed E-state index contributed by atoms with van der Waals surface area (Å²) in [5, 5.41) is 0. The van der Waals surface area contributed by atoms with E-state index in [1.54, 1.807) is 0 Å². The molecule has 0 aromatic heterocycles. The maximum Gasteiger partial charge on any atom is 0.416 e. The van der Waals surface area contributed by atoms with Crippen molar-refractivity contribution in [3.63, 3.8) is 0 Å². The largest absolute Gasteiger partial charge is 0.490 e. The molecule has 0 bridgehead atoms. The minimum absolute atomic E-state index is 0.00312. The summed E-state index contributed by atoms with van der Waals surface area (Å²) in [7, 11) is 0. The number of rotatable bonds is 3. The van der Waals surface area contributed by atoms with Crippen LogP contribution < -0.4 is 10.5 Å². The Morgan fingerprint density at radius 1 is 1.20 bits per heavy atom. The molecule has 0 radical (unpaired) electrons. The van der Waals surface area contributed by atoms with Crippen molar-refractivity contribution in [1.29, 1.82) is 0 Å². The van der Waals surface area contributed by atoms with Crippen LogP contribution in [-0.4, -0.2) is 6.10 Å². The number of nitrogens with two attached hydrogens (primary N) is 1. The fourth-order valence-electron chi connectivity index (χ4n) is 2.82. The molecule has 2 rings (SSSR count). The Labute approximate surface area is 117 Å². The number of benzene rings is 1. The van der Waals surface area contributed by atoms with Gasteiger partial charge in [-0.3, -0.25) is 0 Å². The highest BCUT2D eigenvalue weighted by Crippen LogP contribution is 2.35. The van der Waals surface area contributed by atoms with Crippen LogP contribution in [0.25, 0.3) is 0 Å². The Kier molecular flexibility index (Phi) is 4.45. The minimum atomic E-state index is -4.40. The zero-order valence-electron chi connectivity index (χ0n) is 11.5. The molecular formula is C15H20F3NO. The van der Waals surface area contributed by atoms with Gasteiger partial charge in [0.2, 0.25) is 0 Å². The van der Waals surface area contributed by atoms with Gasteiger partial charge < -0.3 is 10.5 Å². The van der Waals surface area contributed by atoms with Gasteiger partial charge in [-0.15, -0.1) is 0 Å². The van der Waals surface area contributed by atoms with Gasteiger partial charge in [0.15, 0.2) is 0 Å². The van der Waals surface area contributed by atoms with Crippen LogP contribution in [0.1, 0.15) is 44.6 Å². The lowest BCUT2D eigenvalue weighted by Gasteiger charge is -2.31. The Morgan fingerprint density at radius 2 is 1.90 bits per heavy atom. The van der Waals surface area contributed by atoms with E-state index in [-0.39, 0.29) is 17.5 Å². The minimum Gasteiger partial charge on any atom is -0.490 e. The standard InChI is InChI=1S/C15H20F3NO/c1-2-10-5-3-4-6-14(10)20-13-8-11(15(16,17)18)7-12(19)9-13/h7-10,14H,2-6,19H2,1H3. The van der Waals surface area contributed by atoms with Crippen LogP contribution in [0.3, 0.4) is 0 Å². The maximum atomic E-state index is 12.8. The number of alkyl halides is 3. The second-order valence-electron chi connectivity index (χ2n) is 5.40. The number of nitrogen functional groups attached to an aromatic ring is 1. The molecule has 20 heavy (non-hydrogen) atoms. The van der Waals surface area contributed by atoms with E-state index in [1.807, 2.05) is 0 Å². The molecule has 5 heteroatoms. The first-order valence-electron chi connectivity index (χ1n) is 7.04. The first-order chi connectivity index (χ1) is 9.40. The molecule has 0 amide bonds. The first-order valence-corrected chi connectivity index (χ1v) is 7.04. The van der Waals surface area contributed by atoms with Crippen molar-refractivity contribution in [3.05, 3.63) is 23.8 Å². The van der Waals surface area contributed by atoms with E-state index < -0.39 is 11.7 Å². The molecule has 0 heterocycles. The zero-order chi connectivity index (χ0) is 14.8. The van der Waals surface area contributed by atoms with Crippen molar-refractivity contribution in [2.24, 2.45) is 5.92 Å². The Bertz CT molecular complexity index is 459. The van der Waals surface area contributed by atoms with Gasteiger partial charge in [-0.25, -0.2) is 0 Å². The van der Waals surface area contributed by atoms with Crippen molar-refractivity contribution < 1.29 is 17.9 Å². The Hall–Kier alpha value is -1.39. The average molecular weight is 287 g/mol. The Morgan fingerprint density at radius 3 is 2.55 bits per heavy atom. The molecule has 1 aliphatic rings. The molecular weight excluding hydrogens is 267 g/mol. The summed E-state index contributed by atoms with van der Waals surface area (Å²) >= 11 is 0. The molecule has 2 atom stereocenters. The Balaban J connectivity index is 2.18. The number of hydrogen-bond acceptors (Lipinski definition) is 2. The molecule has 112 valence electrons. The van der Waals surface area contributed by atoms with Crippen LogP contribution in [0.15, 0.2) is 18.2 Å². The van der Waals surface area contributed by atoms with Gasteiger partial charge in [-0.1, -0.05) is 13.3 Å². The van der Waals surface area contributed by atoms with E-state index in [9.17, 15) is 13.2 Å². The van der Waals surface area contributed by atoms with E-state index in [4.69, 9.17) is 10.5 Å². The molecule has 2 nitrogen and oxygen atoms in total. The summed E-state index contributed by atoms with van der Waals surface area (Å²) in [5.74, 6) is 0.641. The summed E-state index contributed by atoms with van der Waals surface area (Å²) < 4.78 is 44.1. The van der Waals surface area contributed by atoms with Crippen LogP contribution >= 0.6 is 0 Å². The molecule has 1 aromatic carbocycles. The molecule has 1 fully saturated rings. The second kappa shape index (κ2) is 5.94. The van der Waals surface area contributed by atoms with E-state index in [2.05, 4.69) is 6.92 Å². The van der Waals surface area contributed by atoms with Crippen molar-refractivity contribution in [2.75, 3.05) is 5.73 Å². The molecule has 0 saturated heterocycles. The second-order valence-corrected chi connectivity index (χ2v) is 5.40. The highest BCUT2D eigenvalue weighted by molar-refractivity contribution is 5.48. The highest BCUT2D eigenvalue weighted by atomic mass is 19.4. The zero-order valence-corrected chi connectivity index (χ0v) is 11.5. The topological polar surface area (TPSA) is 35.2 Å².